The number of hydrogen-bond acceptors (Lipinski definition) is 4. The van der Waals surface area contributed by atoms with Crippen LogP contribution in [0.1, 0.15) is 18.4 Å². The molecule has 8 heteroatoms. The van der Waals surface area contributed by atoms with Gasteiger partial charge in [0.15, 0.2) is 9.84 Å². The molecule has 1 aliphatic heterocycles. The molecule has 0 aromatic heterocycles. The zero-order chi connectivity index (χ0) is 18.8. The van der Waals surface area contributed by atoms with E-state index in [0.717, 1.165) is 0 Å². The highest BCUT2D eigenvalue weighted by Gasteiger charge is 2.35. The number of piperidine rings is 1. The lowest BCUT2D eigenvalue weighted by atomic mass is 10.2. The molecule has 2 aromatic rings. The number of hydrogen-bond donors (Lipinski definition) is 0. The van der Waals surface area contributed by atoms with Crippen LogP contribution in [-0.4, -0.2) is 39.5 Å². The first kappa shape index (κ1) is 19.4. The van der Waals surface area contributed by atoms with Gasteiger partial charge in [-0.2, -0.15) is 0 Å². The average molecular weight is 414 g/mol. The first-order chi connectivity index (χ1) is 12.3. The fraction of sp³-hybridized carbons (Fsp3) is 0.333. The standard InChI is InChI=1S/C18H20ClNO4S2/c19-18-9-5-4-6-15(18)14-25(21,22)20-12-10-17(11-13-20)26(23,24)16-7-2-1-3-8-16/h1-9,17H,10-14H2. The van der Waals surface area contributed by atoms with E-state index in [-0.39, 0.29) is 23.7 Å². The fourth-order valence-corrected chi connectivity index (χ4v) is 6.76. The number of halogens is 1. The third-order valence-corrected chi connectivity index (χ3v) is 9.08. The summed E-state index contributed by atoms with van der Waals surface area (Å²) >= 11 is 6.06. The highest BCUT2D eigenvalue weighted by atomic mass is 35.5. The van der Waals surface area contributed by atoms with Gasteiger partial charge in [-0.15, -0.1) is 0 Å². The first-order valence-corrected chi connectivity index (χ1v) is 11.8. The summed E-state index contributed by atoms with van der Waals surface area (Å²) in [5, 5.41) is -0.144. The summed E-state index contributed by atoms with van der Waals surface area (Å²) < 4.78 is 52.1. The fourth-order valence-electron chi connectivity index (χ4n) is 3.13. The van der Waals surface area contributed by atoms with Crippen LogP contribution in [0.15, 0.2) is 59.5 Å². The topological polar surface area (TPSA) is 71.5 Å². The van der Waals surface area contributed by atoms with Gasteiger partial charge in [-0.1, -0.05) is 48.0 Å². The molecule has 0 spiro atoms. The third-order valence-electron chi connectivity index (χ3n) is 4.60. The number of rotatable bonds is 5. The summed E-state index contributed by atoms with van der Waals surface area (Å²) in [4.78, 5) is 0.289. The summed E-state index contributed by atoms with van der Waals surface area (Å²) in [7, 11) is -6.98. The number of sulfonamides is 1. The van der Waals surface area contributed by atoms with Gasteiger partial charge in [0.25, 0.3) is 0 Å². The minimum absolute atomic E-state index is 0.178. The summed E-state index contributed by atoms with van der Waals surface area (Å²) in [5.74, 6) is -0.178. The maximum absolute atomic E-state index is 12.7. The Labute approximate surface area is 159 Å². The van der Waals surface area contributed by atoms with Crippen molar-refractivity contribution in [2.75, 3.05) is 13.1 Å². The van der Waals surface area contributed by atoms with E-state index in [9.17, 15) is 16.8 Å². The van der Waals surface area contributed by atoms with Crippen molar-refractivity contribution in [2.45, 2.75) is 28.7 Å². The van der Waals surface area contributed by atoms with Gasteiger partial charge < -0.3 is 0 Å². The molecule has 0 saturated carbocycles. The van der Waals surface area contributed by atoms with E-state index in [4.69, 9.17) is 11.6 Å². The molecule has 0 aliphatic carbocycles. The van der Waals surface area contributed by atoms with Crippen molar-refractivity contribution in [3.05, 3.63) is 65.2 Å². The second kappa shape index (κ2) is 7.68. The zero-order valence-corrected chi connectivity index (χ0v) is 16.5. The molecule has 140 valence electrons. The molecule has 2 aromatic carbocycles. The molecule has 1 aliphatic rings. The molecular formula is C18H20ClNO4S2. The third kappa shape index (κ3) is 4.11. The van der Waals surface area contributed by atoms with Crippen LogP contribution in [0.2, 0.25) is 5.02 Å². The molecule has 3 rings (SSSR count). The van der Waals surface area contributed by atoms with Crippen LogP contribution in [0.3, 0.4) is 0 Å². The lowest BCUT2D eigenvalue weighted by molar-refractivity contribution is 0.345. The van der Waals surface area contributed by atoms with Crippen LogP contribution in [0.5, 0.6) is 0 Å². The van der Waals surface area contributed by atoms with Crippen molar-refractivity contribution in [3.63, 3.8) is 0 Å². The van der Waals surface area contributed by atoms with Gasteiger partial charge in [-0.05, 0) is 36.6 Å². The highest BCUT2D eigenvalue weighted by molar-refractivity contribution is 7.92. The van der Waals surface area contributed by atoms with Crippen molar-refractivity contribution < 1.29 is 16.8 Å². The van der Waals surface area contributed by atoms with Gasteiger partial charge in [0.05, 0.1) is 15.9 Å². The van der Waals surface area contributed by atoms with Gasteiger partial charge in [-0.25, -0.2) is 21.1 Å². The second-order valence-electron chi connectivity index (χ2n) is 6.30. The Morgan fingerprint density at radius 2 is 1.46 bits per heavy atom. The van der Waals surface area contributed by atoms with E-state index < -0.39 is 25.1 Å². The second-order valence-corrected chi connectivity index (χ2v) is 10.9. The van der Waals surface area contributed by atoms with Gasteiger partial charge in [0.2, 0.25) is 10.0 Å². The molecule has 0 radical (unpaired) electrons. The van der Waals surface area contributed by atoms with E-state index in [1.54, 1.807) is 54.6 Å². The van der Waals surface area contributed by atoms with Crippen molar-refractivity contribution >= 4 is 31.5 Å². The minimum Gasteiger partial charge on any atom is -0.223 e. The molecule has 0 amide bonds. The molecule has 1 saturated heterocycles. The normalized spacial score (nSPS) is 17.3. The predicted molar refractivity (Wildman–Crippen MR) is 102 cm³/mol. The van der Waals surface area contributed by atoms with Crippen molar-refractivity contribution in [3.8, 4) is 0 Å². The van der Waals surface area contributed by atoms with E-state index in [2.05, 4.69) is 0 Å². The maximum Gasteiger partial charge on any atom is 0.218 e. The number of benzene rings is 2. The molecule has 0 atom stereocenters. The van der Waals surface area contributed by atoms with E-state index >= 15 is 0 Å². The molecule has 1 heterocycles. The van der Waals surface area contributed by atoms with Gasteiger partial charge >= 0.3 is 0 Å². The van der Waals surface area contributed by atoms with Crippen LogP contribution >= 0.6 is 11.6 Å². The Hall–Kier alpha value is -1.41. The highest BCUT2D eigenvalue weighted by Crippen LogP contribution is 2.27. The summed E-state index contributed by atoms with van der Waals surface area (Å²) in [6.07, 6.45) is 0.581. The molecule has 5 nitrogen and oxygen atoms in total. The zero-order valence-electron chi connectivity index (χ0n) is 14.1. The van der Waals surface area contributed by atoms with Gasteiger partial charge in [-0.3, -0.25) is 0 Å². The summed E-state index contributed by atoms with van der Waals surface area (Å²) in [6.45, 7) is 0.396. The largest absolute Gasteiger partial charge is 0.223 e. The molecule has 26 heavy (non-hydrogen) atoms. The smallest absolute Gasteiger partial charge is 0.218 e. The molecule has 1 fully saturated rings. The van der Waals surface area contributed by atoms with Crippen LogP contribution in [0, 0.1) is 0 Å². The average Bonchev–Trinajstić information content (AvgIpc) is 2.64. The van der Waals surface area contributed by atoms with Gasteiger partial charge in [0, 0.05) is 18.1 Å². The molecular weight excluding hydrogens is 394 g/mol. The van der Waals surface area contributed by atoms with Crippen LogP contribution < -0.4 is 0 Å². The van der Waals surface area contributed by atoms with Crippen LogP contribution in [0.25, 0.3) is 0 Å². The quantitative estimate of drug-likeness (QED) is 0.755. The number of sulfone groups is 1. The summed E-state index contributed by atoms with van der Waals surface area (Å²) in [6, 6.07) is 15.1. The van der Waals surface area contributed by atoms with E-state index in [0.29, 0.717) is 23.4 Å². The van der Waals surface area contributed by atoms with Gasteiger partial charge in [0.1, 0.15) is 0 Å². The van der Waals surface area contributed by atoms with Crippen molar-refractivity contribution in [1.82, 2.24) is 4.31 Å². The Morgan fingerprint density at radius 1 is 0.885 bits per heavy atom. The van der Waals surface area contributed by atoms with Crippen LogP contribution in [-0.2, 0) is 25.6 Å². The molecule has 0 bridgehead atoms. The minimum atomic E-state index is -3.54. The van der Waals surface area contributed by atoms with Crippen LogP contribution in [0.4, 0.5) is 0 Å². The lowest BCUT2D eigenvalue weighted by Crippen LogP contribution is -2.42. The maximum atomic E-state index is 12.7. The monoisotopic (exact) mass is 413 g/mol. The SMILES string of the molecule is O=S(=O)(c1ccccc1)C1CCN(S(=O)(=O)Cc2ccccc2Cl)CC1. The summed E-state index contributed by atoms with van der Waals surface area (Å²) in [5.41, 5.74) is 0.549. The van der Waals surface area contributed by atoms with E-state index in [1.165, 1.54) is 4.31 Å². The predicted octanol–water partition coefficient (Wildman–Crippen LogP) is 3.11. The molecule has 0 N–H and O–H groups in total. The first-order valence-electron chi connectivity index (χ1n) is 8.31. The number of nitrogens with zero attached hydrogens (tertiary/aromatic N) is 1. The van der Waals surface area contributed by atoms with Crippen molar-refractivity contribution in [1.29, 1.82) is 0 Å². The Kier molecular flexibility index (Phi) is 5.72. The lowest BCUT2D eigenvalue weighted by Gasteiger charge is -2.31. The molecule has 0 unspecified atom stereocenters. The van der Waals surface area contributed by atoms with E-state index in [1.807, 2.05) is 0 Å². The Balaban J connectivity index is 1.69. The van der Waals surface area contributed by atoms with Crippen molar-refractivity contribution in [2.24, 2.45) is 0 Å². The Morgan fingerprint density at radius 3 is 2.08 bits per heavy atom. The Bertz CT molecular complexity index is 967.